The van der Waals surface area contributed by atoms with Gasteiger partial charge in [-0.3, -0.25) is 14.4 Å². The van der Waals surface area contributed by atoms with E-state index >= 15 is 0 Å². The van der Waals surface area contributed by atoms with Crippen LogP contribution >= 0.6 is 0 Å². The average molecular weight is 416 g/mol. The van der Waals surface area contributed by atoms with Crippen LogP contribution in [0.5, 0.6) is 0 Å². The predicted octanol–water partition coefficient (Wildman–Crippen LogP) is 3.14. The van der Waals surface area contributed by atoms with Gasteiger partial charge in [-0.05, 0) is 84.3 Å². The van der Waals surface area contributed by atoms with E-state index in [9.17, 15) is 4.79 Å². The van der Waals surface area contributed by atoms with Gasteiger partial charge in [0, 0.05) is 56.9 Å². The number of aromatic nitrogens is 2. The van der Waals surface area contributed by atoms with Gasteiger partial charge in [-0.25, -0.2) is 0 Å². The number of hydrogen-bond acceptors (Lipinski definition) is 4. The fourth-order valence-electron chi connectivity index (χ4n) is 6.52. The van der Waals surface area contributed by atoms with Crippen LogP contribution in [0.3, 0.4) is 0 Å². The molecule has 30 heavy (non-hydrogen) atoms. The molecule has 1 aromatic heterocycles. The van der Waals surface area contributed by atoms with Crippen molar-refractivity contribution in [1.82, 2.24) is 24.5 Å². The van der Waals surface area contributed by atoms with Crippen molar-refractivity contribution in [1.29, 1.82) is 0 Å². The van der Waals surface area contributed by atoms with E-state index in [0.717, 1.165) is 48.5 Å². The average Bonchev–Trinajstić information content (AvgIpc) is 3.09. The Morgan fingerprint density at radius 2 is 2.03 bits per heavy atom. The molecule has 3 fully saturated rings. The van der Waals surface area contributed by atoms with Crippen molar-refractivity contribution < 1.29 is 4.79 Å². The molecule has 6 heteroatoms. The Balaban J connectivity index is 1.29. The summed E-state index contributed by atoms with van der Waals surface area (Å²) in [6.07, 6.45) is 10.4. The monoisotopic (exact) mass is 415 g/mol. The summed E-state index contributed by atoms with van der Waals surface area (Å²) in [7, 11) is 4.26. The fourth-order valence-corrected chi connectivity index (χ4v) is 6.52. The van der Waals surface area contributed by atoms with Gasteiger partial charge < -0.3 is 9.80 Å². The van der Waals surface area contributed by atoms with Crippen molar-refractivity contribution >= 4 is 5.91 Å². The molecular weight excluding hydrogens is 374 g/mol. The van der Waals surface area contributed by atoms with Crippen molar-refractivity contribution in [2.45, 2.75) is 84.0 Å². The van der Waals surface area contributed by atoms with Gasteiger partial charge in [0.2, 0.25) is 5.91 Å². The Hall–Kier alpha value is -1.40. The molecule has 0 bridgehead atoms. The van der Waals surface area contributed by atoms with Crippen LogP contribution in [-0.4, -0.2) is 76.2 Å². The summed E-state index contributed by atoms with van der Waals surface area (Å²) in [5.74, 6) is 1.93. The highest BCUT2D eigenvalue weighted by Gasteiger charge is 2.47. The quantitative estimate of drug-likeness (QED) is 0.686. The first kappa shape index (κ1) is 21.8. The summed E-state index contributed by atoms with van der Waals surface area (Å²) in [5, 5.41) is 4.50. The highest BCUT2D eigenvalue weighted by atomic mass is 16.2. The van der Waals surface area contributed by atoms with Gasteiger partial charge in [0.15, 0.2) is 0 Å². The molecule has 3 aliphatic heterocycles. The molecule has 4 heterocycles. The van der Waals surface area contributed by atoms with Gasteiger partial charge in [0.05, 0.1) is 5.69 Å². The zero-order chi connectivity index (χ0) is 21.3. The minimum atomic E-state index is 0.262. The van der Waals surface area contributed by atoms with E-state index in [0.29, 0.717) is 19.0 Å². The van der Waals surface area contributed by atoms with E-state index in [2.05, 4.69) is 35.1 Å². The molecule has 6 nitrogen and oxygen atoms in total. The molecule has 0 aromatic carbocycles. The number of aryl methyl sites for hydroxylation is 2. The van der Waals surface area contributed by atoms with Crippen molar-refractivity contribution in [2.24, 2.45) is 11.8 Å². The second kappa shape index (κ2) is 9.39. The molecule has 3 saturated heterocycles. The third-order valence-electron chi connectivity index (χ3n) is 8.03. The van der Waals surface area contributed by atoms with Crippen LogP contribution in [0.1, 0.15) is 63.1 Å². The number of carbonyl (C=O) groups excluding carboxylic acids is 1. The lowest BCUT2D eigenvalue weighted by Crippen LogP contribution is -2.63. The normalized spacial score (nSPS) is 29.6. The minimum Gasteiger partial charge on any atom is -0.341 e. The van der Waals surface area contributed by atoms with Crippen molar-refractivity contribution in [2.75, 3.05) is 33.7 Å². The topological polar surface area (TPSA) is 44.6 Å². The minimum absolute atomic E-state index is 0.262. The molecule has 0 saturated carbocycles. The number of hydrogen-bond donors (Lipinski definition) is 0. The molecule has 0 unspecified atom stereocenters. The molecule has 1 aromatic rings. The fraction of sp³-hybridized carbons (Fsp3) is 0.833. The second-order valence-electron chi connectivity index (χ2n) is 9.98. The Morgan fingerprint density at radius 1 is 1.27 bits per heavy atom. The molecular formula is C24H41N5O. The third kappa shape index (κ3) is 4.45. The lowest BCUT2D eigenvalue weighted by molar-refractivity contribution is -0.130. The van der Waals surface area contributed by atoms with E-state index in [1.165, 1.54) is 45.3 Å². The first-order valence-electron chi connectivity index (χ1n) is 12.2. The highest BCUT2D eigenvalue weighted by molar-refractivity contribution is 5.75. The number of piperidine rings is 3. The Labute approximate surface area is 182 Å². The second-order valence-corrected chi connectivity index (χ2v) is 9.98. The first-order valence-corrected chi connectivity index (χ1v) is 12.2. The zero-order valence-electron chi connectivity index (χ0n) is 19.5. The third-order valence-corrected chi connectivity index (χ3v) is 8.03. The van der Waals surface area contributed by atoms with Gasteiger partial charge in [-0.1, -0.05) is 0 Å². The van der Waals surface area contributed by atoms with Crippen LogP contribution in [-0.2, 0) is 17.9 Å². The van der Waals surface area contributed by atoms with Gasteiger partial charge in [0.25, 0.3) is 0 Å². The molecule has 4 rings (SSSR count). The van der Waals surface area contributed by atoms with Gasteiger partial charge in [0.1, 0.15) is 0 Å². The van der Waals surface area contributed by atoms with E-state index in [1.54, 1.807) is 0 Å². The van der Waals surface area contributed by atoms with E-state index < -0.39 is 0 Å². The maximum absolute atomic E-state index is 12.8. The van der Waals surface area contributed by atoms with Gasteiger partial charge in [-0.2, -0.15) is 5.10 Å². The van der Waals surface area contributed by atoms with Gasteiger partial charge >= 0.3 is 0 Å². The smallest absolute Gasteiger partial charge is 0.222 e. The van der Waals surface area contributed by atoms with Crippen molar-refractivity contribution in [3.63, 3.8) is 0 Å². The molecule has 3 aliphatic rings. The first-order chi connectivity index (χ1) is 14.5. The number of likely N-dealkylation sites (tertiary alicyclic amines) is 1. The molecule has 168 valence electrons. The molecule has 0 N–H and O–H groups in total. The number of amides is 1. The van der Waals surface area contributed by atoms with Crippen LogP contribution in [0.15, 0.2) is 6.20 Å². The molecule has 4 atom stereocenters. The largest absolute Gasteiger partial charge is 0.341 e. The Kier molecular flexibility index (Phi) is 6.83. The van der Waals surface area contributed by atoms with E-state index in [-0.39, 0.29) is 5.91 Å². The standard InChI is InChI=1S/C24H41N5O/c1-5-29-17-20(18(2)25-29)16-27(4)23(30)12-6-11-22-21-10-8-14-28-13-7-9-19(24(21)28)15-26(22)3/h17,19,21-22,24H,5-16H2,1-4H3/t19-,21+,22+,24-/m0/s1. The molecule has 0 radical (unpaired) electrons. The summed E-state index contributed by atoms with van der Waals surface area (Å²) >= 11 is 0. The number of carbonyl (C=O) groups is 1. The Morgan fingerprint density at radius 3 is 2.77 bits per heavy atom. The van der Waals surface area contributed by atoms with Gasteiger partial charge in [-0.15, -0.1) is 0 Å². The van der Waals surface area contributed by atoms with Crippen LogP contribution < -0.4 is 0 Å². The highest BCUT2D eigenvalue weighted by Crippen LogP contribution is 2.42. The van der Waals surface area contributed by atoms with Crippen LogP contribution in [0.2, 0.25) is 0 Å². The van der Waals surface area contributed by atoms with E-state index in [1.807, 2.05) is 23.6 Å². The molecule has 0 spiro atoms. The maximum Gasteiger partial charge on any atom is 0.222 e. The summed E-state index contributed by atoms with van der Waals surface area (Å²) in [6, 6.07) is 1.46. The summed E-state index contributed by atoms with van der Waals surface area (Å²) < 4.78 is 1.95. The Bertz CT molecular complexity index is 729. The predicted molar refractivity (Wildman–Crippen MR) is 120 cm³/mol. The molecule has 0 aliphatic carbocycles. The van der Waals surface area contributed by atoms with Crippen molar-refractivity contribution in [3.8, 4) is 0 Å². The SMILES string of the molecule is CCn1cc(CN(C)C(=O)CCC[C@@H]2[C@H]3CCCN4CCC[C@@H](CN2C)[C@@H]34)c(C)n1. The summed E-state index contributed by atoms with van der Waals surface area (Å²) in [4.78, 5) is 20.1. The van der Waals surface area contributed by atoms with Crippen LogP contribution in [0, 0.1) is 18.8 Å². The zero-order valence-corrected chi connectivity index (χ0v) is 19.5. The van der Waals surface area contributed by atoms with Crippen LogP contribution in [0.4, 0.5) is 0 Å². The lowest BCUT2D eigenvalue weighted by atomic mass is 9.69. The molecule has 1 amide bonds. The number of rotatable bonds is 7. The lowest BCUT2D eigenvalue weighted by Gasteiger charge is -2.57. The summed E-state index contributed by atoms with van der Waals surface area (Å²) in [6.45, 7) is 9.52. The summed E-state index contributed by atoms with van der Waals surface area (Å²) in [5.41, 5.74) is 2.19. The van der Waals surface area contributed by atoms with Crippen LogP contribution in [0.25, 0.3) is 0 Å². The maximum atomic E-state index is 12.8. The van der Waals surface area contributed by atoms with Crippen molar-refractivity contribution in [3.05, 3.63) is 17.5 Å². The van der Waals surface area contributed by atoms with E-state index in [4.69, 9.17) is 0 Å². The number of nitrogens with zero attached hydrogens (tertiary/aromatic N) is 5.